The van der Waals surface area contributed by atoms with E-state index in [2.05, 4.69) is 16.3 Å². The maximum Gasteiger partial charge on any atom is 0.254 e. The maximum atomic E-state index is 13.0. The Morgan fingerprint density at radius 3 is 2.52 bits per heavy atom. The van der Waals surface area contributed by atoms with Gasteiger partial charge in [-0.3, -0.25) is 4.79 Å². The number of anilines is 2. The van der Waals surface area contributed by atoms with Crippen LogP contribution in [0, 0.1) is 0 Å². The minimum absolute atomic E-state index is 0.144. The van der Waals surface area contributed by atoms with Crippen molar-refractivity contribution in [3.63, 3.8) is 0 Å². The van der Waals surface area contributed by atoms with Gasteiger partial charge >= 0.3 is 0 Å². The molecule has 1 saturated heterocycles. The third-order valence-electron chi connectivity index (χ3n) is 5.11. The van der Waals surface area contributed by atoms with Gasteiger partial charge in [-0.05, 0) is 54.8 Å². The molecule has 1 amide bonds. The Morgan fingerprint density at radius 1 is 1.00 bits per heavy atom. The summed E-state index contributed by atoms with van der Waals surface area (Å²) in [6, 6.07) is 13.2. The molecular weight excluding hydrogens is 314 g/mol. The number of nitrogens with zero attached hydrogens (tertiary/aromatic N) is 2. The lowest BCUT2D eigenvalue weighted by atomic mass is 9.96. The van der Waals surface area contributed by atoms with E-state index in [9.17, 15) is 9.90 Å². The number of phenolic OH excluding ortho intramolecular Hbond substituents is 1. The molecule has 2 aliphatic rings. The number of carbonyl (C=O) groups is 1. The fourth-order valence-corrected chi connectivity index (χ4v) is 3.71. The number of piperazine rings is 1. The van der Waals surface area contributed by atoms with Crippen molar-refractivity contribution in [1.82, 2.24) is 4.90 Å². The van der Waals surface area contributed by atoms with E-state index in [-0.39, 0.29) is 11.7 Å². The van der Waals surface area contributed by atoms with Gasteiger partial charge in [-0.1, -0.05) is 6.07 Å². The van der Waals surface area contributed by atoms with Crippen LogP contribution in [0.15, 0.2) is 42.5 Å². The molecule has 0 aromatic heterocycles. The normalized spacial score (nSPS) is 17.0. The largest absolute Gasteiger partial charge is 0.508 e. The van der Waals surface area contributed by atoms with Crippen LogP contribution in [-0.4, -0.2) is 48.6 Å². The number of fused-ring (bicyclic) bond motifs is 1. The lowest BCUT2D eigenvalue weighted by molar-refractivity contribution is 0.0745. The predicted octanol–water partition coefficient (Wildman–Crippen LogP) is 2.71. The second kappa shape index (κ2) is 6.67. The number of hydrogen-bond donors (Lipinski definition) is 2. The molecule has 0 atom stereocenters. The second-order valence-corrected chi connectivity index (χ2v) is 6.66. The van der Waals surface area contributed by atoms with Crippen molar-refractivity contribution in [2.24, 2.45) is 0 Å². The molecule has 1 fully saturated rings. The fraction of sp³-hybridized carbons (Fsp3) is 0.350. The number of rotatable bonds is 2. The van der Waals surface area contributed by atoms with Crippen LogP contribution in [0.2, 0.25) is 0 Å². The molecule has 5 heteroatoms. The molecule has 0 unspecified atom stereocenters. The smallest absolute Gasteiger partial charge is 0.254 e. The van der Waals surface area contributed by atoms with Gasteiger partial charge in [0.25, 0.3) is 5.91 Å². The first kappa shape index (κ1) is 15.8. The molecule has 0 saturated carbocycles. The van der Waals surface area contributed by atoms with Gasteiger partial charge in [-0.2, -0.15) is 0 Å². The highest BCUT2D eigenvalue weighted by Gasteiger charge is 2.25. The third kappa shape index (κ3) is 3.14. The third-order valence-corrected chi connectivity index (χ3v) is 5.11. The molecule has 2 aromatic carbocycles. The average molecular weight is 337 g/mol. The molecule has 130 valence electrons. The molecule has 4 rings (SSSR count). The molecule has 0 spiro atoms. The summed E-state index contributed by atoms with van der Waals surface area (Å²) < 4.78 is 0. The van der Waals surface area contributed by atoms with Gasteiger partial charge in [0.05, 0.1) is 0 Å². The monoisotopic (exact) mass is 337 g/mol. The van der Waals surface area contributed by atoms with Crippen LogP contribution in [0.25, 0.3) is 0 Å². The highest BCUT2D eigenvalue weighted by molar-refractivity contribution is 5.97. The Kier molecular flexibility index (Phi) is 4.22. The van der Waals surface area contributed by atoms with Gasteiger partial charge in [0.15, 0.2) is 0 Å². The Labute approximate surface area is 147 Å². The minimum atomic E-state index is 0.144. The summed E-state index contributed by atoms with van der Waals surface area (Å²) in [7, 11) is 0. The maximum absolute atomic E-state index is 13.0. The zero-order chi connectivity index (χ0) is 17.2. The summed E-state index contributed by atoms with van der Waals surface area (Å²) in [5, 5.41) is 12.8. The molecule has 0 aliphatic carbocycles. The van der Waals surface area contributed by atoms with Crippen molar-refractivity contribution in [3.8, 4) is 5.75 Å². The van der Waals surface area contributed by atoms with Crippen molar-refractivity contribution in [2.75, 3.05) is 42.9 Å². The van der Waals surface area contributed by atoms with Gasteiger partial charge in [-0.15, -0.1) is 0 Å². The van der Waals surface area contributed by atoms with E-state index < -0.39 is 0 Å². The van der Waals surface area contributed by atoms with E-state index in [1.54, 1.807) is 12.1 Å². The van der Waals surface area contributed by atoms with E-state index in [0.717, 1.165) is 62.5 Å². The van der Waals surface area contributed by atoms with E-state index in [4.69, 9.17) is 0 Å². The molecule has 2 aliphatic heterocycles. The van der Waals surface area contributed by atoms with Gasteiger partial charge in [0.2, 0.25) is 0 Å². The van der Waals surface area contributed by atoms with Crippen molar-refractivity contribution >= 4 is 17.3 Å². The van der Waals surface area contributed by atoms with Crippen molar-refractivity contribution in [1.29, 1.82) is 0 Å². The first-order valence-corrected chi connectivity index (χ1v) is 8.91. The number of amides is 1. The number of carbonyl (C=O) groups excluding carboxylic acids is 1. The Balaban J connectivity index is 1.46. The molecular formula is C20H23N3O2. The standard InChI is InChI=1S/C20H23N3O2/c24-16-8-6-15(7-9-16)22-11-13-23(14-12-22)20(25)18-3-1-5-19-17(18)4-2-10-21-19/h1,3,5-9,21,24H,2,4,10-14H2. The van der Waals surface area contributed by atoms with Crippen LogP contribution in [0.4, 0.5) is 11.4 Å². The zero-order valence-electron chi connectivity index (χ0n) is 14.2. The first-order chi connectivity index (χ1) is 12.2. The number of phenols is 1. The first-order valence-electron chi connectivity index (χ1n) is 8.91. The van der Waals surface area contributed by atoms with Crippen molar-refractivity contribution in [2.45, 2.75) is 12.8 Å². The topological polar surface area (TPSA) is 55.8 Å². The number of benzene rings is 2. The van der Waals surface area contributed by atoms with Gasteiger partial charge in [0, 0.05) is 49.7 Å². The second-order valence-electron chi connectivity index (χ2n) is 6.66. The summed E-state index contributed by atoms with van der Waals surface area (Å²) >= 11 is 0. The summed E-state index contributed by atoms with van der Waals surface area (Å²) in [5.74, 6) is 0.422. The lowest BCUT2D eigenvalue weighted by Crippen LogP contribution is -2.49. The van der Waals surface area contributed by atoms with E-state index in [1.807, 2.05) is 29.2 Å². The zero-order valence-corrected chi connectivity index (χ0v) is 14.2. The van der Waals surface area contributed by atoms with Crippen molar-refractivity contribution in [3.05, 3.63) is 53.6 Å². The van der Waals surface area contributed by atoms with Crippen LogP contribution < -0.4 is 10.2 Å². The molecule has 5 nitrogen and oxygen atoms in total. The lowest BCUT2D eigenvalue weighted by Gasteiger charge is -2.36. The average Bonchev–Trinajstić information content (AvgIpc) is 2.68. The minimum Gasteiger partial charge on any atom is -0.508 e. The summed E-state index contributed by atoms with van der Waals surface area (Å²) in [6.45, 7) is 4.04. The van der Waals surface area contributed by atoms with E-state index >= 15 is 0 Å². The SMILES string of the molecule is O=C(c1cccc2c1CCCN2)N1CCN(c2ccc(O)cc2)CC1. The molecule has 2 aromatic rings. The molecule has 0 radical (unpaired) electrons. The highest BCUT2D eigenvalue weighted by Crippen LogP contribution is 2.27. The predicted molar refractivity (Wildman–Crippen MR) is 99.5 cm³/mol. The fourth-order valence-electron chi connectivity index (χ4n) is 3.71. The Bertz CT molecular complexity index is 765. The Hall–Kier alpha value is -2.69. The highest BCUT2D eigenvalue weighted by atomic mass is 16.3. The molecule has 25 heavy (non-hydrogen) atoms. The van der Waals surface area contributed by atoms with Crippen LogP contribution in [0.1, 0.15) is 22.3 Å². The molecule has 0 bridgehead atoms. The van der Waals surface area contributed by atoms with Gasteiger partial charge in [0.1, 0.15) is 5.75 Å². The summed E-state index contributed by atoms with van der Waals surface area (Å²) in [5.41, 5.74) is 4.22. The van der Waals surface area contributed by atoms with Crippen LogP contribution in [0.5, 0.6) is 5.75 Å². The molecule has 2 N–H and O–H groups in total. The number of nitrogens with one attached hydrogen (secondary N) is 1. The van der Waals surface area contributed by atoms with Crippen LogP contribution >= 0.6 is 0 Å². The van der Waals surface area contributed by atoms with Crippen LogP contribution in [0.3, 0.4) is 0 Å². The van der Waals surface area contributed by atoms with Crippen molar-refractivity contribution < 1.29 is 9.90 Å². The quantitative estimate of drug-likeness (QED) is 0.885. The van der Waals surface area contributed by atoms with Gasteiger partial charge in [-0.25, -0.2) is 0 Å². The van der Waals surface area contributed by atoms with E-state index in [1.165, 1.54) is 5.56 Å². The van der Waals surface area contributed by atoms with E-state index in [0.29, 0.717) is 0 Å². The van der Waals surface area contributed by atoms with Crippen LogP contribution in [-0.2, 0) is 6.42 Å². The summed E-state index contributed by atoms with van der Waals surface area (Å²) in [4.78, 5) is 17.2. The number of aromatic hydroxyl groups is 1. The number of hydrogen-bond acceptors (Lipinski definition) is 4. The summed E-state index contributed by atoms with van der Waals surface area (Å²) in [6.07, 6.45) is 2.05. The Morgan fingerprint density at radius 2 is 1.76 bits per heavy atom. The van der Waals surface area contributed by atoms with Gasteiger partial charge < -0.3 is 20.2 Å². The molecule has 2 heterocycles.